The van der Waals surface area contributed by atoms with Gasteiger partial charge in [0.25, 0.3) is 5.91 Å². The Labute approximate surface area is 165 Å². The van der Waals surface area contributed by atoms with E-state index in [1.54, 1.807) is 24.3 Å². The summed E-state index contributed by atoms with van der Waals surface area (Å²) in [5.41, 5.74) is 2.36. The molecule has 1 atom stereocenters. The Hall–Kier alpha value is -2.86. The molecule has 0 unspecified atom stereocenters. The summed E-state index contributed by atoms with van der Waals surface area (Å²) in [6.07, 6.45) is 0. The minimum atomic E-state index is -0.619. The van der Waals surface area contributed by atoms with E-state index in [0.29, 0.717) is 11.3 Å². The van der Waals surface area contributed by atoms with Gasteiger partial charge in [-0.15, -0.1) is 0 Å². The Morgan fingerprint density at radius 3 is 2.21 bits per heavy atom. The quantitative estimate of drug-likeness (QED) is 0.807. The molecule has 0 aliphatic carbocycles. The molecule has 2 aromatic rings. The third kappa shape index (κ3) is 5.10. The number of morpholine rings is 1. The van der Waals surface area contributed by atoms with Crippen LogP contribution in [0.25, 0.3) is 0 Å². The van der Waals surface area contributed by atoms with E-state index in [1.165, 1.54) is 0 Å². The topological polar surface area (TPSA) is 70.7 Å². The molecule has 1 aliphatic heterocycles. The molecule has 2 N–H and O–H groups in total. The first-order valence-corrected chi connectivity index (χ1v) is 9.64. The van der Waals surface area contributed by atoms with Crippen LogP contribution in [0.15, 0.2) is 54.6 Å². The summed E-state index contributed by atoms with van der Waals surface area (Å²) in [6, 6.07) is 16.1. The first kappa shape index (κ1) is 19.9. The highest BCUT2D eigenvalue weighted by Crippen LogP contribution is 2.19. The van der Waals surface area contributed by atoms with Crippen molar-refractivity contribution < 1.29 is 14.3 Å². The van der Waals surface area contributed by atoms with Crippen LogP contribution in [0.1, 0.15) is 24.2 Å². The fraction of sp³-hybridized carbons (Fsp3) is 0.364. The Balaban J connectivity index is 1.62. The van der Waals surface area contributed by atoms with Crippen LogP contribution in [-0.4, -0.2) is 44.2 Å². The fourth-order valence-electron chi connectivity index (χ4n) is 3.15. The molecule has 0 bridgehead atoms. The SMILES string of the molecule is CC(C)[C@H](NC(=O)c1ccccc1)C(=O)Nc1ccc(N2CCOCC2)cc1. The number of nitrogens with one attached hydrogen (secondary N) is 2. The van der Waals surface area contributed by atoms with Crippen molar-refractivity contribution in [2.45, 2.75) is 19.9 Å². The molecule has 1 aliphatic rings. The number of rotatable bonds is 6. The molecular formula is C22H27N3O3. The summed E-state index contributed by atoms with van der Waals surface area (Å²) in [7, 11) is 0. The third-order valence-electron chi connectivity index (χ3n) is 4.78. The zero-order valence-electron chi connectivity index (χ0n) is 16.4. The van der Waals surface area contributed by atoms with Crippen LogP contribution in [-0.2, 0) is 9.53 Å². The lowest BCUT2D eigenvalue weighted by atomic mass is 10.0. The average Bonchev–Trinajstić information content (AvgIpc) is 2.73. The molecule has 28 heavy (non-hydrogen) atoms. The number of anilines is 2. The van der Waals surface area contributed by atoms with Gasteiger partial charge in [-0.05, 0) is 42.3 Å². The fourth-order valence-corrected chi connectivity index (χ4v) is 3.15. The second-order valence-electron chi connectivity index (χ2n) is 7.20. The van der Waals surface area contributed by atoms with Gasteiger partial charge >= 0.3 is 0 Å². The van der Waals surface area contributed by atoms with Crippen LogP contribution < -0.4 is 15.5 Å². The molecule has 0 spiro atoms. The summed E-state index contributed by atoms with van der Waals surface area (Å²) in [6.45, 7) is 7.03. The Morgan fingerprint density at radius 1 is 0.964 bits per heavy atom. The number of hydrogen-bond donors (Lipinski definition) is 2. The maximum absolute atomic E-state index is 12.8. The molecular weight excluding hydrogens is 354 g/mol. The Bertz CT molecular complexity index is 784. The van der Waals surface area contributed by atoms with Gasteiger partial charge in [0.05, 0.1) is 13.2 Å². The number of benzene rings is 2. The van der Waals surface area contributed by atoms with Crippen molar-refractivity contribution in [3.8, 4) is 0 Å². The lowest BCUT2D eigenvalue weighted by Gasteiger charge is -2.29. The number of nitrogens with zero attached hydrogens (tertiary/aromatic N) is 1. The molecule has 1 fully saturated rings. The number of carbonyl (C=O) groups excluding carboxylic acids is 2. The summed E-state index contributed by atoms with van der Waals surface area (Å²) in [5, 5.41) is 5.76. The minimum absolute atomic E-state index is 0.0414. The predicted molar refractivity (Wildman–Crippen MR) is 111 cm³/mol. The highest BCUT2D eigenvalue weighted by atomic mass is 16.5. The van der Waals surface area contributed by atoms with Gasteiger partial charge in [-0.2, -0.15) is 0 Å². The van der Waals surface area contributed by atoms with E-state index in [2.05, 4.69) is 15.5 Å². The van der Waals surface area contributed by atoms with Gasteiger partial charge in [-0.3, -0.25) is 9.59 Å². The molecule has 1 saturated heterocycles. The van der Waals surface area contributed by atoms with Gasteiger partial charge < -0.3 is 20.3 Å². The lowest BCUT2D eigenvalue weighted by Crippen LogP contribution is -2.47. The molecule has 0 radical (unpaired) electrons. The second kappa shape index (κ2) is 9.37. The number of amides is 2. The molecule has 3 rings (SSSR count). The van der Waals surface area contributed by atoms with Gasteiger partial charge in [0.1, 0.15) is 6.04 Å². The predicted octanol–water partition coefficient (Wildman–Crippen LogP) is 2.92. The summed E-state index contributed by atoms with van der Waals surface area (Å²) in [5.74, 6) is -0.518. The molecule has 6 heteroatoms. The monoisotopic (exact) mass is 381 g/mol. The van der Waals surface area contributed by atoms with E-state index in [1.807, 2.05) is 44.2 Å². The second-order valence-corrected chi connectivity index (χ2v) is 7.20. The van der Waals surface area contributed by atoms with Gasteiger partial charge in [0.2, 0.25) is 5.91 Å². The van der Waals surface area contributed by atoms with Crippen molar-refractivity contribution >= 4 is 23.2 Å². The smallest absolute Gasteiger partial charge is 0.251 e. The largest absolute Gasteiger partial charge is 0.378 e. The summed E-state index contributed by atoms with van der Waals surface area (Å²) >= 11 is 0. The molecule has 2 aromatic carbocycles. The van der Waals surface area contributed by atoms with E-state index < -0.39 is 6.04 Å². The van der Waals surface area contributed by atoms with E-state index in [-0.39, 0.29) is 17.7 Å². The third-order valence-corrected chi connectivity index (χ3v) is 4.78. The van der Waals surface area contributed by atoms with Crippen molar-refractivity contribution in [2.75, 3.05) is 36.5 Å². The Kier molecular flexibility index (Phi) is 6.66. The standard InChI is InChI=1S/C22H27N3O3/c1-16(2)20(24-21(26)17-6-4-3-5-7-17)22(27)23-18-8-10-19(11-9-18)25-12-14-28-15-13-25/h3-11,16,20H,12-15H2,1-2H3,(H,23,27)(H,24,26)/t20-/m0/s1. The maximum Gasteiger partial charge on any atom is 0.251 e. The van der Waals surface area contributed by atoms with E-state index in [0.717, 1.165) is 32.0 Å². The first-order chi connectivity index (χ1) is 13.5. The van der Waals surface area contributed by atoms with Crippen LogP contribution in [0.4, 0.5) is 11.4 Å². The van der Waals surface area contributed by atoms with Crippen molar-refractivity contribution in [2.24, 2.45) is 5.92 Å². The molecule has 0 saturated carbocycles. The maximum atomic E-state index is 12.8. The number of carbonyl (C=O) groups is 2. The van der Waals surface area contributed by atoms with Crippen molar-refractivity contribution in [3.05, 3.63) is 60.2 Å². The van der Waals surface area contributed by atoms with Crippen LogP contribution >= 0.6 is 0 Å². The van der Waals surface area contributed by atoms with Crippen LogP contribution in [0.5, 0.6) is 0 Å². The molecule has 6 nitrogen and oxygen atoms in total. The number of hydrogen-bond acceptors (Lipinski definition) is 4. The molecule has 148 valence electrons. The zero-order chi connectivity index (χ0) is 19.9. The Morgan fingerprint density at radius 2 is 1.61 bits per heavy atom. The lowest BCUT2D eigenvalue weighted by molar-refractivity contribution is -0.118. The van der Waals surface area contributed by atoms with Crippen molar-refractivity contribution in [1.82, 2.24) is 5.32 Å². The van der Waals surface area contributed by atoms with Crippen LogP contribution in [0.2, 0.25) is 0 Å². The van der Waals surface area contributed by atoms with Crippen LogP contribution in [0, 0.1) is 5.92 Å². The summed E-state index contributed by atoms with van der Waals surface area (Å²) in [4.78, 5) is 27.4. The van der Waals surface area contributed by atoms with Crippen molar-refractivity contribution in [3.63, 3.8) is 0 Å². The normalized spacial score (nSPS) is 15.2. The first-order valence-electron chi connectivity index (χ1n) is 9.64. The highest BCUT2D eigenvalue weighted by Gasteiger charge is 2.24. The van der Waals surface area contributed by atoms with Crippen LogP contribution in [0.3, 0.4) is 0 Å². The highest BCUT2D eigenvalue weighted by molar-refractivity contribution is 6.01. The van der Waals surface area contributed by atoms with Gasteiger partial charge in [-0.25, -0.2) is 0 Å². The van der Waals surface area contributed by atoms with Gasteiger partial charge in [0.15, 0.2) is 0 Å². The van der Waals surface area contributed by atoms with Gasteiger partial charge in [-0.1, -0.05) is 32.0 Å². The zero-order valence-corrected chi connectivity index (χ0v) is 16.4. The van der Waals surface area contributed by atoms with E-state index >= 15 is 0 Å². The number of ether oxygens (including phenoxy) is 1. The summed E-state index contributed by atoms with van der Waals surface area (Å²) < 4.78 is 5.38. The molecule has 1 heterocycles. The minimum Gasteiger partial charge on any atom is -0.378 e. The van der Waals surface area contributed by atoms with Gasteiger partial charge in [0, 0.05) is 30.0 Å². The molecule has 0 aromatic heterocycles. The van der Waals surface area contributed by atoms with E-state index in [4.69, 9.17) is 4.74 Å². The average molecular weight is 381 g/mol. The van der Waals surface area contributed by atoms with E-state index in [9.17, 15) is 9.59 Å². The van der Waals surface area contributed by atoms with Crippen molar-refractivity contribution in [1.29, 1.82) is 0 Å². The molecule has 2 amide bonds.